The first-order valence-corrected chi connectivity index (χ1v) is 10.2. The standard InChI is InChI=1S/C15H24N8S2/c1-3-8-19-15(17-2)22-21-14-6-4-13(5-7-14)18-9-11-24-25-12-10-20-23-16/h3-8,18H,9-12H2,1-2H3,(H2,16,20)(H,17,19)/b8-3-,22-21?. The van der Waals surface area contributed by atoms with E-state index in [1.807, 2.05) is 37.3 Å². The molecule has 0 saturated carbocycles. The minimum atomic E-state index is 0.461. The number of benzene rings is 1. The van der Waals surface area contributed by atoms with Crippen molar-refractivity contribution < 1.29 is 0 Å². The summed E-state index contributed by atoms with van der Waals surface area (Å²) < 4.78 is 0. The molecule has 4 N–H and O–H groups in total. The molecule has 136 valence electrons. The van der Waals surface area contributed by atoms with Gasteiger partial charge in [-0.3, -0.25) is 4.99 Å². The van der Waals surface area contributed by atoms with E-state index in [1.54, 1.807) is 34.8 Å². The van der Waals surface area contributed by atoms with Crippen molar-refractivity contribution in [2.75, 3.05) is 37.0 Å². The van der Waals surface area contributed by atoms with Crippen LogP contribution in [0.4, 0.5) is 11.4 Å². The van der Waals surface area contributed by atoms with Crippen molar-refractivity contribution >= 4 is 38.9 Å². The molecule has 0 aromatic heterocycles. The fourth-order valence-corrected chi connectivity index (χ4v) is 3.30. The van der Waals surface area contributed by atoms with Crippen LogP contribution in [-0.4, -0.2) is 37.6 Å². The summed E-state index contributed by atoms with van der Waals surface area (Å²) in [5.74, 6) is 7.31. The number of anilines is 1. The summed E-state index contributed by atoms with van der Waals surface area (Å²) in [7, 11) is 5.23. The van der Waals surface area contributed by atoms with Gasteiger partial charge in [0, 0.05) is 30.8 Å². The van der Waals surface area contributed by atoms with Gasteiger partial charge in [0.05, 0.1) is 12.2 Å². The van der Waals surface area contributed by atoms with Gasteiger partial charge in [0.25, 0.3) is 0 Å². The molecule has 0 aliphatic rings. The molecule has 8 nitrogen and oxygen atoms in total. The largest absolute Gasteiger partial charge is 0.384 e. The molecule has 1 aromatic rings. The molecule has 25 heavy (non-hydrogen) atoms. The summed E-state index contributed by atoms with van der Waals surface area (Å²) in [5, 5.41) is 21.4. The Morgan fingerprint density at radius 2 is 1.96 bits per heavy atom. The van der Waals surface area contributed by atoms with Crippen LogP contribution in [0.15, 0.2) is 62.1 Å². The van der Waals surface area contributed by atoms with Crippen molar-refractivity contribution in [3.05, 3.63) is 36.5 Å². The van der Waals surface area contributed by atoms with Crippen LogP contribution in [0, 0.1) is 0 Å². The fraction of sp³-hybridized carbons (Fsp3) is 0.400. The zero-order valence-electron chi connectivity index (χ0n) is 14.4. The van der Waals surface area contributed by atoms with Crippen LogP contribution in [0.5, 0.6) is 0 Å². The van der Waals surface area contributed by atoms with Crippen LogP contribution in [0.3, 0.4) is 0 Å². The summed E-state index contributed by atoms with van der Waals surface area (Å²) >= 11 is 0. The lowest BCUT2D eigenvalue weighted by Crippen LogP contribution is -2.13. The fourth-order valence-electron chi connectivity index (χ4n) is 1.54. The smallest absolute Gasteiger partial charge is 0.241 e. The molecule has 0 heterocycles. The quantitative estimate of drug-likeness (QED) is 0.108. The molecule has 0 saturated heterocycles. The SMILES string of the molecule is C/C=C\NC(N=Nc1ccc(NCCSSCCN=NN)cc1)=NC. The summed E-state index contributed by atoms with van der Waals surface area (Å²) in [5.41, 5.74) is 1.82. The predicted octanol–water partition coefficient (Wildman–Crippen LogP) is 4.00. The molecule has 0 aliphatic carbocycles. The van der Waals surface area contributed by atoms with Gasteiger partial charge in [-0.05, 0) is 37.4 Å². The van der Waals surface area contributed by atoms with E-state index in [2.05, 4.69) is 36.2 Å². The topological polar surface area (TPSA) is 112 Å². The van der Waals surface area contributed by atoms with Crippen molar-refractivity contribution in [1.29, 1.82) is 0 Å². The molecule has 0 aliphatic heterocycles. The van der Waals surface area contributed by atoms with Crippen molar-refractivity contribution in [1.82, 2.24) is 5.32 Å². The van der Waals surface area contributed by atoms with Crippen LogP contribution >= 0.6 is 21.6 Å². The van der Waals surface area contributed by atoms with Crippen LogP contribution in [0.1, 0.15) is 6.92 Å². The molecular formula is C15H24N8S2. The monoisotopic (exact) mass is 380 g/mol. The van der Waals surface area contributed by atoms with Crippen molar-refractivity contribution in [2.24, 2.45) is 31.4 Å². The molecular weight excluding hydrogens is 356 g/mol. The molecule has 0 bridgehead atoms. The maximum absolute atomic E-state index is 4.93. The van der Waals surface area contributed by atoms with E-state index in [0.717, 1.165) is 29.4 Å². The zero-order chi connectivity index (χ0) is 18.2. The number of nitrogens with zero attached hydrogens (tertiary/aromatic N) is 5. The second-order valence-electron chi connectivity index (χ2n) is 4.49. The van der Waals surface area contributed by atoms with Gasteiger partial charge in [-0.15, -0.1) is 10.2 Å². The van der Waals surface area contributed by atoms with Gasteiger partial charge in [0.15, 0.2) is 0 Å². The first-order chi connectivity index (χ1) is 12.3. The zero-order valence-corrected chi connectivity index (χ0v) is 16.1. The molecule has 0 atom stereocenters. The van der Waals surface area contributed by atoms with E-state index in [1.165, 1.54) is 0 Å². The van der Waals surface area contributed by atoms with E-state index < -0.39 is 0 Å². The number of aliphatic imine (C=N–C) groups is 1. The first-order valence-electron chi connectivity index (χ1n) is 7.71. The van der Waals surface area contributed by atoms with Crippen LogP contribution < -0.4 is 16.5 Å². The highest BCUT2D eigenvalue weighted by atomic mass is 33.1. The Labute approximate surface area is 156 Å². The van der Waals surface area contributed by atoms with E-state index in [0.29, 0.717) is 12.5 Å². The first kappa shape index (κ1) is 21.0. The molecule has 10 heteroatoms. The minimum absolute atomic E-state index is 0.461. The summed E-state index contributed by atoms with van der Waals surface area (Å²) in [4.78, 5) is 4.00. The number of nitrogens with two attached hydrogens (primary N) is 1. The van der Waals surface area contributed by atoms with Gasteiger partial charge in [0.2, 0.25) is 5.96 Å². The minimum Gasteiger partial charge on any atom is -0.384 e. The van der Waals surface area contributed by atoms with Crippen molar-refractivity contribution in [2.45, 2.75) is 6.92 Å². The predicted molar refractivity (Wildman–Crippen MR) is 110 cm³/mol. The second kappa shape index (κ2) is 14.3. The molecule has 0 spiro atoms. The normalized spacial score (nSPS) is 12.5. The Bertz CT molecular complexity index is 584. The lowest BCUT2D eigenvalue weighted by Gasteiger charge is -2.05. The number of hydrogen-bond donors (Lipinski definition) is 3. The molecule has 0 radical (unpaired) electrons. The van der Waals surface area contributed by atoms with Crippen LogP contribution in [0.25, 0.3) is 0 Å². The maximum atomic E-state index is 4.93. The number of rotatable bonds is 10. The third kappa shape index (κ3) is 10.4. The van der Waals surface area contributed by atoms with Gasteiger partial charge in [-0.25, -0.2) is 0 Å². The van der Waals surface area contributed by atoms with Crippen LogP contribution in [-0.2, 0) is 0 Å². The highest BCUT2D eigenvalue weighted by molar-refractivity contribution is 8.76. The second-order valence-corrected chi connectivity index (χ2v) is 7.19. The van der Waals surface area contributed by atoms with Gasteiger partial charge in [-0.2, -0.15) is 5.11 Å². The number of hydrogen-bond acceptors (Lipinski definition) is 7. The highest BCUT2D eigenvalue weighted by Crippen LogP contribution is 2.21. The Hall–Kier alpha value is -2.07. The molecule has 0 amide bonds. The summed E-state index contributed by atoms with van der Waals surface area (Å²) in [6.07, 6.45) is 3.62. The van der Waals surface area contributed by atoms with Crippen molar-refractivity contribution in [3.8, 4) is 0 Å². The third-order valence-corrected chi connectivity index (χ3v) is 5.06. The molecule has 1 aromatic carbocycles. The molecule has 0 fully saturated rings. The number of azo groups is 1. The lowest BCUT2D eigenvalue weighted by molar-refractivity contribution is 0.934. The van der Waals surface area contributed by atoms with Crippen LogP contribution in [0.2, 0.25) is 0 Å². The highest BCUT2D eigenvalue weighted by Gasteiger charge is 1.96. The Balaban J connectivity index is 2.29. The Morgan fingerprint density at radius 1 is 1.20 bits per heavy atom. The van der Waals surface area contributed by atoms with Gasteiger partial charge in [-0.1, -0.05) is 32.9 Å². The molecule has 1 rings (SSSR count). The van der Waals surface area contributed by atoms with E-state index >= 15 is 0 Å². The Morgan fingerprint density at radius 3 is 2.64 bits per heavy atom. The van der Waals surface area contributed by atoms with Crippen molar-refractivity contribution in [3.63, 3.8) is 0 Å². The van der Waals surface area contributed by atoms with Gasteiger partial charge in [0.1, 0.15) is 0 Å². The summed E-state index contributed by atoms with van der Waals surface area (Å²) in [6.45, 7) is 3.46. The third-order valence-electron chi connectivity index (χ3n) is 2.67. The number of nitrogens with one attached hydrogen (secondary N) is 2. The van der Waals surface area contributed by atoms with Gasteiger partial charge < -0.3 is 16.5 Å². The maximum Gasteiger partial charge on any atom is 0.241 e. The van der Waals surface area contributed by atoms with Gasteiger partial charge >= 0.3 is 0 Å². The average molecular weight is 381 g/mol. The molecule has 0 unspecified atom stereocenters. The number of allylic oxidation sites excluding steroid dienone is 1. The van der Waals surface area contributed by atoms with E-state index in [-0.39, 0.29) is 0 Å². The lowest BCUT2D eigenvalue weighted by atomic mass is 10.3. The number of guanidine groups is 1. The van der Waals surface area contributed by atoms with E-state index in [9.17, 15) is 0 Å². The summed E-state index contributed by atoms with van der Waals surface area (Å²) in [6, 6.07) is 7.79. The van der Waals surface area contributed by atoms with E-state index in [4.69, 9.17) is 5.84 Å². The Kier molecular flexibility index (Phi) is 12.0. The average Bonchev–Trinajstić information content (AvgIpc) is 2.65.